The van der Waals surface area contributed by atoms with Crippen molar-refractivity contribution in [2.24, 2.45) is 5.73 Å². The van der Waals surface area contributed by atoms with E-state index in [1.165, 1.54) is 0 Å². The average Bonchev–Trinajstić information content (AvgIpc) is 3.17. The van der Waals surface area contributed by atoms with Gasteiger partial charge in [-0.25, -0.2) is 4.98 Å². The number of nitrogens with one attached hydrogen (secondary N) is 1. The summed E-state index contributed by atoms with van der Waals surface area (Å²) in [4.78, 5) is 16.9. The van der Waals surface area contributed by atoms with Crippen LogP contribution >= 0.6 is 52.1 Å². The van der Waals surface area contributed by atoms with Crippen LogP contribution in [0.2, 0.25) is 0 Å². The van der Waals surface area contributed by atoms with Gasteiger partial charge in [0.05, 0.1) is 17.7 Å². The lowest BCUT2D eigenvalue weighted by atomic mass is 9.97. The van der Waals surface area contributed by atoms with Gasteiger partial charge in [0.2, 0.25) is 5.91 Å². The van der Waals surface area contributed by atoms with Crippen LogP contribution in [0.3, 0.4) is 0 Å². The molecule has 4 nitrogen and oxygen atoms in total. The second-order valence-corrected chi connectivity index (χ2v) is 7.84. The first-order valence-corrected chi connectivity index (χ1v) is 9.49. The van der Waals surface area contributed by atoms with Crippen LogP contribution in [-0.4, -0.2) is 23.0 Å². The van der Waals surface area contributed by atoms with E-state index in [2.05, 4.69) is 26.2 Å². The van der Waals surface area contributed by atoms with Crippen molar-refractivity contribution in [2.75, 3.05) is 6.54 Å². The third-order valence-corrected chi connectivity index (χ3v) is 5.75. The number of carbonyl (C=O) groups is 1. The zero-order chi connectivity index (χ0) is 16.3. The summed E-state index contributed by atoms with van der Waals surface area (Å²) in [6.45, 7) is 0.513. The fourth-order valence-electron chi connectivity index (χ4n) is 3.08. The Balaban J connectivity index is 0.00000156. The Morgan fingerprint density at radius 2 is 2.04 bits per heavy atom. The molecule has 25 heavy (non-hydrogen) atoms. The molecule has 3 rings (SSSR count). The van der Waals surface area contributed by atoms with Gasteiger partial charge >= 0.3 is 0 Å². The SMILES string of the molecule is Cl.Cl.NCC1(NC(=O)Cc2csc(-c3cccc(Br)c3)n2)CCCC1. The molecule has 3 N–H and O–H groups in total. The summed E-state index contributed by atoms with van der Waals surface area (Å²) in [5.41, 5.74) is 7.55. The fraction of sp³-hybridized carbons (Fsp3) is 0.412. The van der Waals surface area contributed by atoms with E-state index in [0.29, 0.717) is 13.0 Å². The number of amides is 1. The topological polar surface area (TPSA) is 68.0 Å². The normalized spacial score (nSPS) is 15.1. The summed E-state index contributed by atoms with van der Waals surface area (Å²) in [6, 6.07) is 8.03. The molecule has 0 saturated heterocycles. The van der Waals surface area contributed by atoms with Gasteiger partial charge in [-0.1, -0.05) is 40.9 Å². The molecule has 138 valence electrons. The van der Waals surface area contributed by atoms with Crippen molar-refractivity contribution < 1.29 is 4.79 Å². The molecule has 1 aromatic carbocycles. The molecule has 0 radical (unpaired) electrons. The molecule has 0 spiro atoms. The van der Waals surface area contributed by atoms with Crippen LogP contribution in [0.15, 0.2) is 34.1 Å². The minimum atomic E-state index is -0.194. The van der Waals surface area contributed by atoms with Crippen LogP contribution in [0.4, 0.5) is 0 Å². The van der Waals surface area contributed by atoms with Gasteiger partial charge in [0, 0.05) is 22.0 Å². The molecule has 0 unspecified atom stereocenters. The van der Waals surface area contributed by atoms with Gasteiger partial charge in [0.1, 0.15) is 5.01 Å². The van der Waals surface area contributed by atoms with Crippen molar-refractivity contribution in [3.63, 3.8) is 0 Å². The molecule has 1 fully saturated rings. The van der Waals surface area contributed by atoms with Crippen molar-refractivity contribution >= 4 is 58.0 Å². The highest BCUT2D eigenvalue weighted by molar-refractivity contribution is 9.10. The van der Waals surface area contributed by atoms with E-state index >= 15 is 0 Å². The standard InChI is InChI=1S/C17H20BrN3OS.2ClH/c18-13-5-3-4-12(8-13)16-20-14(10-23-16)9-15(22)21-17(11-19)6-1-2-7-17;;/h3-5,8,10H,1-2,6-7,9,11,19H2,(H,21,22);2*1H. The summed E-state index contributed by atoms with van der Waals surface area (Å²) in [5, 5.41) is 6.03. The fourth-order valence-corrected chi connectivity index (χ4v) is 4.29. The molecule has 2 aromatic rings. The van der Waals surface area contributed by atoms with Crippen molar-refractivity contribution in [1.29, 1.82) is 0 Å². The predicted molar refractivity (Wildman–Crippen MR) is 112 cm³/mol. The van der Waals surface area contributed by atoms with Gasteiger partial charge in [-0.2, -0.15) is 0 Å². The highest BCUT2D eigenvalue weighted by Crippen LogP contribution is 2.29. The molecule has 8 heteroatoms. The van der Waals surface area contributed by atoms with Crippen molar-refractivity contribution in [1.82, 2.24) is 10.3 Å². The van der Waals surface area contributed by atoms with Crippen LogP contribution in [0, 0.1) is 0 Å². The summed E-state index contributed by atoms with van der Waals surface area (Å²) in [6.07, 6.45) is 4.56. The molecule has 1 saturated carbocycles. The Labute approximate surface area is 172 Å². The lowest BCUT2D eigenvalue weighted by molar-refractivity contribution is -0.122. The Morgan fingerprint density at radius 1 is 1.32 bits per heavy atom. The third-order valence-electron chi connectivity index (χ3n) is 4.32. The first kappa shape index (κ1) is 22.4. The molecule has 0 aliphatic heterocycles. The van der Waals surface area contributed by atoms with Crippen LogP contribution in [0.25, 0.3) is 10.6 Å². The molecule has 0 atom stereocenters. The predicted octanol–water partition coefficient (Wildman–Crippen LogP) is 4.35. The number of thiazole rings is 1. The minimum Gasteiger partial charge on any atom is -0.349 e. The highest BCUT2D eigenvalue weighted by Gasteiger charge is 2.33. The maximum atomic E-state index is 12.3. The summed E-state index contributed by atoms with van der Waals surface area (Å²) < 4.78 is 1.02. The number of rotatable bonds is 5. The molecular weight excluding hydrogens is 445 g/mol. The molecule has 1 amide bonds. The van der Waals surface area contributed by atoms with Crippen molar-refractivity contribution in [2.45, 2.75) is 37.6 Å². The van der Waals surface area contributed by atoms with Gasteiger partial charge in [-0.3, -0.25) is 4.79 Å². The van der Waals surface area contributed by atoms with E-state index in [1.807, 2.05) is 29.6 Å². The van der Waals surface area contributed by atoms with E-state index in [9.17, 15) is 4.79 Å². The lowest BCUT2D eigenvalue weighted by Crippen LogP contribution is -2.52. The van der Waals surface area contributed by atoms with Crippen LogP contribution in [-0.2, 0) is 11.2 Å². The number of hydrogen-bond acceptors (Lipinski definition) is 4. The smallest absolute Gasteiger partial charge is 0.226 e. The zero-order valence-corrected chi connectivity index (χ0v) is 17.7. The van der Waals surface area contributed by atoms with E-state index in [1.54, 1.807) is 11.3 Å². The maximum Gasteiger partial charge on any atom is 0.226 e. The largest absolute Gasteiger partial charge is 0.349 e. The number of hydrogen-bond donors (Lipinski definition) is 2. The van der Waals surface area contributed by atoms with Gasteiger partial charge < -0.3 is 11.1 Å². The van der Waals surface area contributed by atoms with Crippen LogP contribution in [0.5, 0.6) is 0 Å². The quantitative estimate of drug-likeness (QED) is 0.688. The second kappa shape index (κ2) is 9.88. The first-order chi connectivity index (χ1) is 11.1. The van der Waals surface area contributed by atoms with E-state index in [4.69, 9.17) is 5.73 Å². The van der Waals surface area contributed by atoms with Gasteiger partial charge in [-0.05, 0) is 25.0 Å². The van der Waals surface area contributed by atoms with Gasteiger partial charge in [0.15, 0.2) is 0 Å². The monoisotopic (exact) mass is 465 g/mol. The Morgan fingerprint density at radius 3 is 2.68 bits per heavy atom. The third kappa shape index (κ3) is 5.66. The molecule has 0 bridgehead atoms. The Bertz CT molecular complexity index is 705. The highest BCUT2D eigenvalue weighted by atomic mass is 79.9. The van der Waals surface area contributed by atoms with E-state index in [-0.39, 0.29) is 36.3 Å². The molecule has 1 aliphatic rings. The minimum absolute atomic E-state index is 0. The number of nitrogens with two attached hydrogens (primary N) is 1. The summed E-state index contributed by atoms with van der Waals surface area (Å²) in [7, 11) is 0. The van der Waals surface area contributed by atoms with Crippen LogP contribution in [0.1, 0.15) is 31.4 Å². The molecule has 1 heterocycles. The number of aromatic nitrogens is 1. The summed E-state index contributed by atoms with van der Waals surface area (Å²) >= 11 is 5.03. The van der Waals surface area contributed by atoms with E-state index < -0.39 is 0 Å². The van der Waals surface area contributed by atoms with Crippen molar-refractivity contribution in [3.05, 3.63) is 39.8 Å². The number of carbonyl (C=O) groups excluding carboxylic acids is 1. The molecule has 1 aliphatic carbocycles. The van der Waals surface area contributed by atoms with Gasteiger partial charge in [-0.15, -0.1) is 36.2 Å². The number of nitrogens with zero attached hydrogens (tertiary/aromatic N) is 1. The van der Waals surface area contributed by atoms with Gasteiger partial charge in [0.25, 0.3) is 0 Å². The summed E-state index contributed by atoms with van der Waals surface area (Å²) in [5.74, 6) is 0.0171. The first-order valence-electron chi connectivity index (χ1n) is 7.82. The molecular formula is C17H22BrCl2N3OS. The zero-order valence-electron chi connectivity index (χ0n) is 13.7. The van der Waals surface area contributed by atoms with E-state index in [0.717, 1.165) is 46.4 Å². The number of benzene rings is 1. The maximum absolute atomic E-state index is 12.3. The second-order valence-electron chi connectivity index (χ2n) is 6.07. The Hall–Kier alpha value is -0.660. The van der Waals surface area contributed by atoms with Crippen molar-refractivity contribution in [3.8, 4) is 10.6 Å². The Kier molecular flexibility index (Phi) is 8.84. The average molecular weight is 467 g/mol. The lowest BCUT2D eigenvalue weighted by Gasteiger charge is -2.28. The molecule has 1 aromatic heterocycles. The van der Waals surface area contributed by atoms with Crippen LogP contribution < -0.4 is 11.1 Å². The number of halogens is 3.